The minimum Gasteiger partial charge on any atom is -0.382 e. The third-order valence-electron chi connectivity index (χ3n) is 3.61. The molecule has 16 heavy (non-hydrogen) atoms. The highest BCUT2D eigenvalue weighted by Gasteiger charge is 2.24. The molecule has 1 aromatic carbocycles. The van der Waals surface area contributed by atoms with E-state index >= 15 is 0 Å². The van der Waals surface area contributed by atoms with Crippen molar-refractivity contribution in [3.05, 3.63) is 30.1 Å². The highest BCUT2D eigenvalue weighted by molar-refractivity contribution is 5.44. The van der Waals surface area contributed by atoms with Crippen LogP contribution in [0.1, 0.15) is 33.1 Å². The van der Waals surface area contributed by atoms with E-state index < -0.39 is 0 Å². The van der Waals surface area contributed by atoms with Crippen molar-refractivity contribution in [2.75, 3.05) is 5.32 Å². The molecule has 0 heterocycles. The smallest absolute Gasteiger partial charge is 0.125 e. The zero-order chi connectivity index (χ0) is 11.5. The highest BCUT2D eigenvalue weighted by atomic mass is 19.1. The van der Waals surface area contributed by atoms with Crippen LogP contribution in [0, 0.1) is 17.7 Å². The molecule has 0 aromatic heterocycles. The van der Waals surface area contributed by atoms with Crippen molar-refractivity contribution in [2.24, 2.45) is 11.8 Å². The van der Waals surface area contributed by atoms with Crippen LogP contribution in [0.3, 0.4) is 0 Å². The number of halogens is 1. The van der Waals surface area contributed by atoms with Crippen molar-refractivity contribution in [3.8, 4) is 0 Å². The standard InChI is InChI=1S/C14H20FN/c1-10-6-7-14(11(2)8-10)16-13-5-3-4-12(15)9-13/h3-5,9-11,14,16H,6-8H2,1-2H3. The van der Waals surface area contributed by atoms with Gasteiger partial charge in [-0.1, -0.05) is 19.9 Å². The summed E-state index contributed by atoms with van der Waals surface area (Å²) < 4.78 is 13.0. The molecule has 88 valence electrons. The third-order valence-corrected chi connectivity index (χ3v) is 3.61. The fourth-order valence-corrected chi connectivity index (χ4v) is 2.67. The first kappa shape index (κ1) is 11.4. The molecule has 3 atom stereocenters. The topological polar surface area (TPSA) is 12.0 Å². The first-order valence-electron chi connectivity index (χ1n) is 6.17. The lowest BCUT2D eigenvalue weighted by Crippen LogP contribution is -2.32. The van der Waals surface area contributed by atoms with Crippen LogP contribution < -0.4 is 5.32 Å². The van der Waals surface area contributed by atoms with Gasteiger partial charge in [-0.05, 0) is 49.3 Å². The number of hydrogen-bond acceptors (Lipinski definition) is 1. The SMILES string of the molecule is CC1CCC(Nc2cccc(F)c2)C(C)C1. The molecule has 2 heteroatoms. The van der Waals surface area contributed by atoms with E-state index in [0.29, 0.717) is 12.0 Å². The van der Waals surface area contributed by atoms with Crippen molar-refractivity contribution in [1.82, 2.24) is 0 Å². The van der Waals surface area contributed by atoms with Gasteiger partial charge >= 0.3 is 0 Å². The molecule has 0 amide bonds. The molecule has 1 nitrogen and oxygen atoms in total. The average molecular weight is 221 g/mol. The Kier molecular flexibility index (Phi) is 3.47. The molecule has 2 rings (SSSR count). The summed E-state index contributed by atoms with van der Waals surface area (Å²) in [5.74, 6) is 1.34. The van der Waals surface area contributed by atoms with Crippen LogP contribution in [0.2, 0.25) is 0 Å². The molecule has 1 aromatic rings. The predicted octanol–water partition coefficient (Wildman–Crippen LogP) is 4.06. The van der Waals surface area contributed by atoms with E-state index in [2.05, 4.69) is 19.2 Å². The molecule has 0 aliphatic heterocycles. The average Bonchev–Trinajstić information content (AvgIpc) is 2.22. The summed E-state index contributed by atoms with van der Waals surface area (Å²) in [4.78, 5) is 0. The van der Waals surface area contributed by atoms with Gasteiger partial charge in [0.05, 0.1) is 0 Å². The second-order valence-corrected chi connectivity index (χ2v) is 5.16. The summed E-state index contributed by atoms with van der Waals surface area (Å²) in [5, 5.41) is 3.45. The van der Waals surface area contributed by atoms with Crippen molar-refractivity contribution in [2.45, 2.75) is 39.2 Å². The fourth-order valence-electron chi connectivity index (χ4n) is 2.67. The monoisotopic (exact) mass is 221 g/mol. The number of hydrogen-bond donors (Lipinski definition) is 1. The first-order valence-corrected chi connectivity index (χ1v) is 6.17. The molecule has 1 aliphatic rings. The number of anilines is 1. The molecule has 0 bridgehead atoms. The van der Waals surface area contributed by atoms with Crippen LogP contribution in [0.5, 0.6) is 0 Å². The molecular formula is C14H20FN. The van der Waals surface area contributed by atoms with E-state index in [1.54, 1.807) is 12.1 Å². The van der Waals surface area contributed by atoms with Gasteiger partial charge in [0.1, 0.15) is 5.82 Å². The van der Waals surface area contributed by atoms with Gasteiger partial charge < -0.3 is 5.32 Å². The van der Waals surface area contributed by atoms with E-state index in [-0.39, 0.29) is 5.82 Å². The van der Waals surface area contributed by atoms with Gasteiger partial charge in [-0.25, -0.2) is 4.39 Å². The normalized spacial score (nSPS) is 30.1. The van der Waals surface area contributed by atoms with Crippen LogP contribution in [0.15, 0.2) is 24.3 Å². The third kappa shape index (κ3) is 2.75. The molecule has 0 spiro atoms. The highest BCUT2D eigenvalue weighted by Crippen LogP contribution is 2.30. The van der Waals surface area contributed by atoms with Crippen LogP contribution in [0.4, 0.5) is 10.1 Å². The molecular weight excluding hydrogens is 201 g/mol. The van der Waals surface area contributed by atoms with Crippen LogP contribution in [-0.2, 0) is 0 Å². The Morgan fingerprint density at radius 1 is 1.25 bits per heavy atom. The second kappa shape index (κ2) is 4.86. The van der Waals surface area contributed by atoms with Gasteiger partial charge in [0.2, 0.25) is 0 Å². The van der Waals surface area contributed by atoms with Gasteiger partial charge in [-0.3, -0.25) is 0 Å². The van der Waals surface area contributed by atoms with Crippen LogP contribution >= 0.6 is 0 Å². The summed E-state index contributed by atoms with van der Waals surface area (Å²) in [6, 6.07) is 7.25. The molecule has 1 aliphatic carbocycles. The Bertz CT molecular complexity index is 350. The minimum absolute atomic E-state index is 0.165. The number of benzene rings is 1. The molecule has 0 radical (unpaired) electrons. The summed E-state index contributed by atoms with van der Waals surface area (Å²) in [5.41, 5.74) is 0.909. The summed E-state index contributed by atoms with van der Waals surface area (Å²) >= 11 is 0. The zero-order valence-corrected chi connectivity index (χ0v) is 10.0. The van der Waals surface area contributed by atoms with Crippen molar-refractivity contribution < 1.29 is 4.39 Å². The predicted molar refractivity (Wildman–Crippen MR) is 66.0 cm³/mol. The molecule has 1 fully saturated rings. The summed E-state index contributed by atoms with van der Waals surface area (Å²) in [6.07, 6.45) is 3.74. The maximum Gasteiger partial charge on any atom is 0.125 e. The molecule has 1 N–H and O–H groups in total. The Labute approximate surface area is 97.1 Å². The summed E-state index contributed by atoms with van der Waals surface area (Å²) in [6.45, 7) is 4.60. The van der Waals surface area contributed by atoms with E-state index in [1.807, 2.05) is 6.07 Å². The maximum absolute atomic E-state index is 13.0. The lowest BCUT2D eigenvalue weighted by atomic mass is 9.80. The van der Waals surface area contributed by atoms with Crippen LogP contribution in [-0.4, -0.2) is 6.04 Å². The van der Waals surface area contributed by atoms with E-state index in [0.717, 1.165) is 11.6 Å². The van der Waals surface area contributed by atoms with Crippen molar-refractivity contribution >= 4 is 5.69 Å². The van der Waals surface area contributed by atoms with Gasteiger partial charge in [0.25, 0.3) is 0 Å². The van der Waals surface area contributed by atoms with Gasteiger partial charge in [-0.15, -0.1) is 0 Å². The Morgan fingerprint density at radius 2 is 2.06 bits per heavy atom. The first-order chi connectivity index (χ1) is 7.65. The lowest BCUT2D eigenvalue weighted by Gasteiger charge is -2.33. The Morgan fingerprint density at radius 3 is 2.75 bits per heavy atom. The van der Waals surface area contributed by atoms with E-state index in [9.17, 15) is 4.39 Å². The quantitative estimate of drug-likeness (QED) is 0.794. The van der Waals surface area contributed by atoms with Gasteiger partial charge in [-0.2, -0.15) is 0 Å². The molecule has 1 saturated carbocycles. The second-order valence-electron chi connectivity index (χ2n) is 5.16. The summed E-state index contributed by atoms with van der Waals surface area (Å²) in [7, 11) is 0. The minimum atomic E-state index is -0.165. The fraction of sp³-hybridized carbons (Fsp3) is 0.571. The number of nitrogens with one attached hydrogen (secondary N) is 1. The van der Waals surface area contributed by atoms with Crippen molar-refractivity contribution in [1.29, 1.82) is 0 Å². The Balaban J connectivity index is 1.99. The Hall–Kier alpha value is -1.05. The molecule has 3 unspecified atom stereocenters. The van der Waals surface area contributed by atoms with E-state index in [1.165, 1.54) is 25.3 Å². The van der Waals surface area contributed by atoms with Crippen molar-refractivity contribution in [3.63, 3.8) is 0 Å². The largest absolute Gasteiger partial charge is 0.382 e. The van der Waals surface area contributed by atoms with Gasteiger partial charge in [0.15, 0.2) is 0 Å². The molecule has 0 saturated heterocycles. The van der Waals surface area contributed by atoms with E-state index in [4.69, 9.17) is 0 Å². The number of rotatable bonds is 2. The zero-order valence-electron chi connectivity index (χ0n) is 10.0. The maximum atomic E-state index is 13.0. The van der Waals surface area contributed by atoms with Gasteiger partial charge in [0, 0.05) is 11.7 Å². The lowest BCUT2D eigenvalue weighted by molar-refractivity contribution is 0.276. The van der Waals surface area contributed by atoms with Crippen LogP contribution in [0.25, 0.3) is 0 Å².